The number of nitrogens with zero attached hydrogens (tertiary/aromatic N) is 1. The van der Waals surface area contributed by atoms with E-state index in [0.717, 1.165) is 13.0 Å². The van der Waals surface area contributed by atoms with Gasteiger partial charge in [-0.2, -0.15) is 5.26 Å². The van der Waals surface area contributed by atoms with Crippen LogP contribution < -0.4 is 5.32 Å². The van der Waals surface area contributed by atoms with Crippen LogP contribution in [0.2, 0.25) is 0 Å². The topological polar surface area (TPSA) is 35.8 Å². The Labute approximate surface area is 91.9 Å². The van der Waals surface area contributed by atoms with Crippen molar-refractivity contribution in [3.05, 3.63) is 35.4 Å². The highest BCUT2D eigenvalue weighted by atomic mass is 14.9. The van der Waals surface area contributed by atoms with Crippen LogP contribution in [0.5, 0.6) is 0 Å². The first kappa shape index (κ1) is 11.7. The van der Waals surface area contributed by atoms with E-state index in [1.807, 2.05) is 0 Å². The molecule has 1 atom stereocenters. The summed E-state index contributed by atoms with van der Waals surface area (Å²) in [7, 11) is 0. The summed E-state index contributed by atoms with van der Waals surface area (Å²) in [6.07, 6.45) is 1.56. The van der Waals surface area contributed by atoms with E-state index >= 15 is 0 Å². The lowest BCUT2D eigenvalue weighted by atomic mass is 10.0. The lowest BCUT2D eigenvalue weighted by Crippen LogP contribution is -2.20. The van der Waals surface area contributed by atoms with Gasteiger partial charge in [-0.3, -0.25) is 0 Å². The number of hydrogen-bond acceptors (Lipinski definition) is 2. The monoisotopic (exact) mass is 202 g/mol. The van der Waals surface area contributed by atoms with E-state index in [1.165, 1.54) is 11.1 Å². The number of unbranched alkanes of at least 4 members (excludes halogenated alkanes) is 1. The number of hydrogen-bond donors (Lipinski definition) is 1. The Balaban J connectivity index is 2.44. The first-order chi connectivity index (χ1) is 7.25. The lowest BCUT2D eigenvalue weighted by molar-refractivity contribution is 0.560. The minimum Gasteiger partial charge on any atom is -0.310 e. The number of aryl methyl sites for hydroxylation is 1. The van der Waals surface area contributed by atoms with E-state index < -0.39 is 0 Å². The molecule has 0 fully saturated rings. The van der Waals surface area contributed by atoms with Crippen molar-refractivity contribution in [2.45, 2.75) is 32.7 Å². The molecule has 0 amide bonds. The molecule has 0 aliphatic carbocycles. The quantitative estimate of drug-likeness (QED) is 0.745. The van der Waals surface area contributed by atoms with Gasteiger partial charge in [0.25, 0.3) is 0 Å². The van der Waals surface area contributed by atoms with E-state index in [0.29, 0.717) is 12.5 Å². The van der Waals surface area contributed by atoms with Gasteiger partial charge in [0, 0.05) is 12.5 Å². The van der Waals surface area contributed by atoms with Crippen molar-refractivity contribution in [2.75, 3.05) is 6.54 Å². The third-order valence-corrected chi connectivity index (χ3v) is 2.57. The van der Waals surface area contributed by atoms with Crippen molar-refractivity contribution in [3.63, 3.8) is 0 Å². The Kier molecular flexibility index (Phi) is 4.86. The summed E-state index contributed by atoms with van der Waals surface area (Å²) < 4.78 is 0. The van der Waals surface area contributed by atoms with Crippen molar-refractivity contribution < 1.29 is 0 Å². The fourth-order valence-electron chi connectivity index (χ4n) is 1.67. The molecule has 1 rings (SSSR count). The number of benzene rings is 1. The maximum absolute atomic E-state index is 8.41. The summed E-state index contributed by atoms with van der Waals surface area (Å²) in [5.41, 5.74) is 2.66. The van der Waals surface area contributed by atoms with Gasteiger partial charge in [0.1, 0.15) is 0 Å². The molecule has 15 heavy (non-hydrogen) atoms. The minimum atomic E-state index is 0.366. The average molecular weight is 202 g/mol. The maximum Gasteiger partial charge on any atom is 0.0622 e. The second-order valence-corrected chi connectivity index (χ2v) is 3.79. The second kappa shape index (κ2) is 6.21. The Morgan fingerprint density at radius 3 is 2.80 bits per heavy atom. The van der Waals surface area contributed by atoms with E-state index in [2.05, 4.69) is 49.5 Å². The summed E-state index contributed by atoms with van der Waals surface area (Å²) in [4.78, 5) is 0. The highest BCUT2D eigenvalue weighted by Gasteiger charge is 2.05. The molecule has 1 N–H and O–H groups in total. The number of rotatable bonds is 5. The molecule has 0 aliphatic rings. The van der Waals surface area contributed by atoms with Crippen LogP contribution >= 0.6 is 0 Å². The Morgan fingerprint density at radius 1 is 1.40 bits per heavy atom. The molecule has 1 aromatic rings. The predicted molar refractivity (Wildman–Crippen MR) is 62.4 cm³/mol. The predicted octanol–water partition coefficient (Wildman–Crippen LogP) is 2.95. The fraction of sp³-hybridized carbons (Fsp3) is 0.462. The van der Waals surface area contributed by atoms with E-state index in [4.69, 9.17) is 5.26 Å². The highest BCUT2D eigenvalue weighted by Crippen LogP contribution is 2.16. The first-order valence-electron chi connectivity index (χ1n) is 5.41. The van der Waals surface area contributed by atoms with Crippen molar-refractivity contribution in [2.24, 2.45) is 0 Å². The van der Waals surface area contributed by atoms with Crippen LogP contribution in [0.3, 0.4) is 0 Å². The lowest BCUT2D eigenvalue weighted by Gasteiger charge is -2.15. The van der Waals surface area contributed by atoms with Crippen molar-refractivity contribution in [1.82, 2.24) is 5.32 Å². The first-order valence-corrected chi connectivity index (χ1v) is 5.41. The van der Waals surface area contributed by atoms with Gasteiger partial charge < -0.3 is 5.32 Å². The second-order valence-electron chi connectivity index (χ2n) is 3.79. The Hall–Kier alpha value is -1.33. The molecule has 0 saturated carbocycles. The van der Waals surface area contributed by atoms with Gasteiger partial charge in [-0.05, 0) is 37.9 Å². The normalized spacial score (nSPS) is 12.1. The molecule has 0 saturated heterocycles. The molecule has 0 spiro atoms. The third kappa shape index (κ3) is 3.73. The molecule has 0 aliphatic heterocycles. The summed E-state index contributed by atoms with van der Waals surface area (Å²) >= 11 is 0. The highest BCUT2D eigenvalue weighted by molar-refractivity contribution is 5.28. The molecular weight excluding hydrogens is 184 g/mol. The van der Waals surface area contributed by atoms with Gasteiger partial charge in [0.15, 0.2) is 0 Å². The molecule has 2 nitrogen and oxygen atoms in total. The molecule has 80 valence electrons. The van der Waals surface area contributed by atoms with Gasteiger partial charge in [0.05, 0.1) is 6.07 Å². The van der Waals surface area contributed by atoms with E-state index in [-0.39, 0.29) is 0 Å². The summed E-state index contributed by atoms with van der Waals surface area (Å²) in [6, 6.07) is 10.9. The van der Waals surface area contributed by atoms with Crippen molar-refractivity contribution >= 4 is 0 Å². The third-order valence-electron chi connectivity index (χ3n) is 2.57. The summed E-state index contributed by atoms with van der Waals surface area (Å²) in [6.45, 7) is 5.20. The van der Waals surface area contributed by atoms with E-state index in [9.17, 15) is 0 Å². The van der Waals surface area contributed by atoms with Gasteiger partial charge in [-0.15, -0.1) is 0 Å². The molecular formula is C13H18N2. The largest absolute Gasteiger partial charge is 0.310 e. The van der Waals surface area contributed by atoms with Gasteiger partial charge in [-0.1, -0.05) is 24.3 Å². The molecule has 0 heterocycles. The molecule has 1 aromatic carbocycles. The molecule has 0 unspecified atom stereocenters. The molecule has 0 aromatic heterocycles. The van der Waals surface area contributed by atoms with Crippen LogP contribution in [-0.4, -0.2) is 6.54 Å². The average Bonchev–Trinajstić information content (AvgIpc) is 2.25. The summed E-state index contributed by atoms with van der Waals surface area (Å²) in [5, 5.41) is 11.8. The minimum absolute atomic E-state index is 0.366. The number of nitriles is 1. The van der Waals surface area contributed by atoms with Gasteiger partial charge >= 0.3 is 0 Å². The van der Waals surface area contributed by atoms with Gasteiger partial charge in [0.2, 0.25) is 0 Å². The Bertz CT molecular complexity index is 339. The van der Waals surface area contributed by atoms with E-state index in [1.54, 1.807) is 0 Å². The Morgan fingerprint density at radius 2 is 2.13 bits per heavy atom. The molecule has 0 radical (unpaired) electrons. The zero-order valence-electron chi connectivity index (χ0n) is 9.46. The van der Waals surface area contributed by atoms with Crippen LogP contribution in [0.1, 0.15) is 36.9 Å². The van der Waals surface area contributed by atoms with Crippen molar-refractivity contribution in [3.8, 4) is 6.07 Å². The van der Waals surface area contributed by atoms with Crippen LogP contribution in [-0.2, 0) is 0 Å². The fourth-order valence-corrected chi connectivity index (χ4v) is 1.67. The van der Waals surface area contributed by atoms with Crippen LogP contribution in [0, 0.1) is 18.3 Å². The SMILES string of the molecule is Cc1ccccc1[C@H](C)NCCCC#N. The van der Waals surface area contributed by atoms with Crippen LogP contribution in [0.25, 0.3) is 0 Å². The smallest absolute Gasteiger partial charge is 0.0622 e. The zero-order valence-corrected chi connectivity index (χ0v) is 9.46. The van der Waals surface area contributed by atoms with Crippen LogP contribution in [0.4, 0.5) is 0 Å². The molecule has 0 bridgehead atoms. The number of nitrogens with one attached hydrogen (secondary N) is 1. The summed E-state index contributed by atoms with van der Waals surface area (Å²) in [5.74, 6) is 0. The standard InChI is InChI=1S/C13H18N2/c1-11-7-3-4-8-13(11)12(2)15-10-6-5-9-14/h3-4,7-8,12,15H,5-6,10H2,1-2H3/t12-/m0/s1. The maximum atomic E-state index is 8.41. The van der Waals surface area contributed by atoms with Crippen molar-refractivity contribution in [1.29, 1.82) is 5.26 Å². The molecule has 2 heteroatoms. The van der Waals surface area contributed by atoms with Crippen LogP contribution in [0.15, 0.2) is 24.3 Å². The van der Waals surface area contributed by atoms with Gasteiger partial charge in [-0.25, -0.2) is 0 Å². The zero-order chi connectivity index (χ0) is 11.1.